The van der Waals surface area contributed by atoms with Gasteiger partial charge in [0.1, 0.15) is 0 Å². The Balaban J connectivity index is 1.65. The third-order valence-electron chi connectivity index (χ3n) is 5.26. The molecule has 1 aliphatic rings. The van der Waals surface area contributed by atoms with Crippen LogP contribution in [0, 0.1) is 12.8 Å². The molecule has 0 aliphatic heterocycles. The maximum Gasteiger partial charge on any atom is 0.228 e. The Morgan fingerprint density at radius 3 is 2.56 bits per heavy atom. The van der Waals surface area contributed by atoms with Crippen molar-refractivity contribution in [3.05, 3.63) is 35.7 Å². The average molecular weight is 370 g/mol. The van der Waals surface area contributed by atoms with Crippen molar-refractivity contribution in [2.24, 2.45) is 5.92 Å². The van der Waals surface area contributed by atoms with Crippen molar-refractivity contribution in [3.8, 4) is 11.4 Å². The summed E-state index contributed by atoms with van der Waals surface area (Å²) in [5.41, 5.74) is 2.16. The Morgan fingerprint density at radius 2 is 1.89 bits per heavy atom. The maximum atomic E-state index is 12.8. The Morgan fingerprint density at radius 1 is 1.19 bits per heavy atom. The first-order valence-electron chi connectivity index (χ1n) is 10.2. The summed E-state index contributed by atoms with van der Waals surface area (Å²) in [5, 5.41) is 4.11. The van der Waals surface area contributed by atoms with Crippen LogP contribution in [0.5, 0.6) is 0 Å². The van der Waals surface area contributed by atoms with Gasteiger partial charge in [-0.25, -0.2) is 0 Å². The Labute approximate surface area is 162 Å². The lowest BCUT2D eigenvalue weighted by Crippen LogP contribution is -2.43. The minimum Gasteiger partial charge on any atom is -0.339 e. The molecule has 1 heterocycles. The van der Waals surface area contributed by atoms with Crippen LogP contribution in [0.2, 0.25) is 0 Å². The molecule has 0 unspecified atom stereocenters. The van der Waals surface area contributed by atoms with Gasteiger partial charge in [-0.1, -0.05) is 68.1 Å². The van der Waals surface area contributed by atoms with E-state index in [0.717, 1.165) is 18.4 Å². The normalized spacial score (nSPS) is 15.3. The predicted molar refractivity (Wildman–Crippen MR) is 106 cm³/mol. The van der Waals surface area contributed by atoms with E-state index in [0.29, 0.717) is 43.1 Å². The molecule has 0 bridgehead atoms. The molecule has 146 valence electrons. The van der Waals surface area contributed by atoms with Gasteiger partial charge in [0.05, 0.1) is 0 Å². The molecule has 5 nitrogen and oxygen atoms in total. The third kappa shape index (κ3) is 5.41. The minimum absolute atomic E-state index is 0.259. The third-order valence-corrected chi connectivity index (χ3v) is 5.26. The lowest BCUT2D eigenvalue weighted by atomic mass is 9.93. The second-order valence-corrected chi connectivity index (χ2v) is 8.10. The molecule has 1 saturated carbocycles. The molecule has 0 atom stereocenters. The van der Waals surface area contributed by atoms with Gasteiger partial charge in [-0.15, -0.1) is 0 Å². The summed E-state index contributed by atoms with van der Waals surface area (Å²) < 4.78 is 5.45. The van der Waals surface area contributed by atoms with E-state index in [1.807, 2.05) is 24.3 Å². The summed E-state index contributed by atoms with van der Waals surface area (Å²) in [6.45, 7) is 6.91. The number of hydrogen-bond acceptors (Lipinski definition) is 4. The molecule has 0 saturated heterocycles. The Hall–Kier alpha value is -2.17. The number of aryl methyl sites for hydroxylation is 1. The molecule has 0 N–H and O–H groups in total. The first-order chi connectivity index (χ1) is 13.0. The van der Waals surface area contributed by atoms with Crippen LogP contribution in [0.3, 0.4) is 0 Å². The predicted octanol–water partition coefficient (Wildman–Crippen LogP) is 4.79. The van der Waals surface area contributed by atoms with Crippen molar-refractivity contribution in [1.82, 2.24) is 15.0 Å². The smallest absolute Gasteiger partial charge is 0.228 e. The number of aromatic nitrogens is 2. The van der Waals surface area contributed by atoms with Gasteiger partial charge in [0.25, 0.3) is 0 Å². The fourth-order valence-electron chi connectivity index (χ4n) is 3.76. The first-order valence-corrected chi connectivity index (χ1v) is 10.2. The summed E-state index contributed by atoms with van der Waals surface area (Å²) in [6.07, 6.45) is 7.16. The number of rotatable bonds is 7. The highest BCUT2D eigenvalue weighted by molar-refractivity contribution is 5.76. The number of nitrogens with zero attached hydrogens (tertiary/aromatic N) is 3. The monoisotopic (exact) mass is 369 g/mol. The summed E-state index contributed by atoms with van der Waals surface area (Å²) in [7, 11) is 0. The fraction of sp³-hybridized carbons (Fsp3) is 0.591. The molecule has 1 fully saturated rings. The fourth-order valence-corrected chi connectivity index (χ4v) is 3.76. The zero-order valence-electron chi connectivity index (χ0n) is 16.8. The van der Waals surface area contributed by atoms with Crippen LogP contribution in [0.1, 0.15) is 63.8 Å². The van der Waals surface area contributed by atoms with Crippen molar-refractivity contribution in [1.29, 1.82) is 0 Å². The van der Waals surface area contributed by atoms with Gasteiger partial charge in [-0.2, -0.15) is 4.98 Å². The summed E-state index contributed by atoms with van der Waals surface area (Å²) in [5.74, 6) is 1.85. The van der Waals surface area contributed by atoms with Gasteiger partial charge in [0.15, 0.2) is 0 Å². The second kappa shape index (κ2) is 9.16. The highest BCUT2D eigenvalue weighted by Crippen LogP contribution is 2.24. The number of benzene rings is 1. The SMILES string of the molecule is Cc1ccc(-c2noc(CCN(C(=O)CC(C)C)C3CCCCC3)n2)cc1. The quantitative estimate of drug-likeness (QED) is 0.704. The lowest BCUT2D eigenvalue weighted by molar-refractivity contribution is -0.135. The Bertz CT molecular complexity index is 730. The van der Waals surface area contributed by atoms with E-state index in [1.165, 1.54) is 24.8 Å². The van der Waals surface area contributed by atoms with E-state index in [-0.39, 0.29) is 5.91 Å². The number of amides is 1. The van der Waals surface area contributed by atoms with Crippen molar-refractivity contribution < 1.29 is 9.32 Å². The maximum absolute atomic E-state index is 12.8. The van der Waals surface area contributed by atoms with E-state index in [9.17, 15) is 4.79 Å². The standard InChI is InChI=1S/C22H31N3O2/c1-16(2)15-21(26)25(19-7-5-4-6-8-19)14-13-20-23-22(24-27-20)18-11-9-17(3)10-12-18/h9-12,16,19H,4-8,13-15H2,1-3H3. The lowest BCUT2D eigenvalue weighted by Gasteiger charge is -2.34. The molecular weight excluding hydrogens is 338 g/mol. The van der Waals surface area contributed by atoms with Gasteiger partial charge in [0, 0.05) is 31.0 Å². The number of carbonyl (C=O) groups excluding carboxylic acids is 1. The molecule has 5 heteroatoms. The van der Waals surface area contributed by atoms with Gasteiger partial charge in [-0.3, -0.25) is 4.79 Å². The van der Waals surface area contributed by atoms with Gasteiger partial charge < -0.3 is 9.42 Å². The molecule has 1 aromatic heterocycles. The van der Waals surface area contributed by atoms with Gasteiger partial charge in [-0.05, 0) is 25.7 Å². The van der Waals surface area contributed by atoms with E-state index in [1.54, 1.807) is 0 Å². The molecule has 1 amide bonds. The van der Waals surface area contributed by atoms with E-state index in [4.69, 9.17) is 4.52 Å². The Kier molecular flexibility index (Phi) is 6.64. The van der Waals surface area contributed by atoms with Gasteiger partial charge >= 0.3 is 0 Å². The minimum atomic E-state index is 0.259. The largest absolute Gasteiger partial charge is 0.339 e. The highest BCUT2D eigenvalue weighted by Gasteiger charge is 2.26. The van der Waals surface area contributed by atoms with Crippen LogP contribution in [-0.2, 0) is 11.2 Å². The number of carbonyl (C=O) groups is 1. The van der Waals surface area contributed by atoms with Crippen LogP contribution in [0.15, 0.2) is 28.8 Å². The second-order valence-electron chi connectivity index (χ2n) is 8.10. The van der Waals surface area contributed by atoms with Gasteiger partial charge in [0.2, 0.25) is 17.6 Å². The van der Waals surface area contributed by atoms with E-state index >= 15 is 0 Å². The van der Waals surface area contributed by atoms with Crippen LogP contribution < -0.4 is 0 Å². The van der Waals surface area contributed by atoms with Crippen LogP contribution >= 0.6 is 0 Å². The molecule has 3 rings (SSSR count). The van der Waals surface area contributed by atoms with Crippen molar-refractivity contribution in [2.45, 2.75) is 71.8 Å². The highest BCUT2D eigenvalue weighted by atomic mass is 16.5. The molecule has 1 aromatic carbocycles. The van der Waals surface area contributed by atoms with E-state index < -0.39 is 0 Å². The zero-order valence-corrected chi connectivity index (χ0v) is 16.8. The first kappa shape index (κ1) is 19.6. The summed E-state index contributed by atoms with van der Waals surface area (Å²) in [4.78, 5) is 19.4. The molecule has 0 radical (unpaired) electrons. The topological polar surface area (TPSA) is 59.2 Å². The summed E-state index contributed by atoms with van der Waals surface area (Å²) in [6, 6.07) is 8.46. The molecular formula is C22H31N3O2. The molecule has 27 heavy (non-hydrogen) atoms. The molecule has 1 aliphatic carbocycles. The molecule has 0 spiro atoms. The zero-order chi connectivity index (χ0) is 19.2. The average Bonchev–Trinajstić information content (AvgIpc) is 3.12. The van der Waals surface area contributed by atoms with Crippen molar-refractivity contribution in [3.63, 3.8) is 0 Å². The number of hydrogen-bond donors (Lipinski definition) is 0. The van der Waals surface area contributed by atoms with Crippen LogP contribution in [0.4, 0.5) is 0 Å². The van der Waals surface area contributed by atoms with Crippen molar-refractivity contribution in [2.75, 3.05) is 6.54 Å². The van der Waals surface area contributed by atoms with Crippen LogP contribution in [0.25, 0.3) is 11.4 Å². The van der Waals surface area contributed by atoms with Crippen LogP contribution in [-0.4, -0.2) is 33.5 Å². The van der Waals surface area contributed by atoms with E-state index in [2.05, 4.69) is 35.8 Å². The van der Waals surface area contributed by atoms with Crippen molar-refractivity contribution >= 4 is 5.91 Å². The summed E-state index contributed by atoms with van der Waals surface area (Å²) >= 11 is 0. The molecule has 2 aromatic rings.